The number of oxazole rings is 1. The maximum atomic E-state index is 11.6. The van der Waals surface area contributed by atoms with Crippen molar-refractivity contribution in [3.63, 3.8) is 0 Å². The molecule has 0 atom stereocenters. The molecule has 0 aliphatic carbocycles. The zero-order valence-electron chi connectivity index (χ0n) is 9.68. The Kier molecular flexibility index (Phi) is 3.49. The molecule has 0 aliphatic rings. The molecular formula is C13H12N2O3. The topological polar surface area (TPSA) is 64.2 Å². The molecule has 1 aromatic carbocycles. The first kappa shape index (κ1) is 12.0. The van der Waals surface area contributed by atoms with Gasteiger partial charge in [-0.1, -0.05) is 12.1 Å². The average molecular weight is 244 g/mol. The number of carbonyl (C=O) groups is 1. The van der Waals surface area contributed by atoms with Crippen molar-refractivity contribution in [1.82, 2.24) is 9.88 Å². The highest BCUT2D eigenvalue weighted by Crippen LogP contribution is 2.11. The molecule has 1 amide bonds. The van der Waals surface area contributed by atoms with Crippen LogP contribution in [0.1, 0.15) is 6.42 Å². The summed E-state index contributed by atoms with van der Waals surface area (Å²) in [4.78, 5) is 23.2. The minimum Gasteiger partial charge on any atom is -0.408 e. The largest absolute Gasteiger partial charge is 0.420 e. The molecule has 0 fully saturated rings. The average Bonchev–Trinajstić information content (AvgIpc) is 2.67. The van der Waals surface area contributed by atoms with Crippen molar-refractivity contribution >= 4 is 17.0 Å². The van der Waals surface area contributed by atoms with E-state index in [1.807, 2.05) is 0 Å². The van der Waals surface area contributed by atoms with E-state index in [0.29, 0.717) is 24.1 Å². The van der Waals surface area contributed by atoms with E-state index in [9.17, 15) is 9.59 Å². The number of nitrogens with zero attached hydrogens (tertiary/aromatic N) is 1. The van der Waals surface area contributed by atoms with Crippen molar-refractivity contribution in [2.24, 2.45) is 0 Å². The van der Waals surface area contributed by atoms with Gasteiger partial charge in [0.25, 0.3) is 0 Å². The van der Waals surface area contributed by atoms with Crippen LogP contribution in [0.25, 0.3) is 11.1 Å². The van der Waals surface area contributed by atoms with Crippen molar-refractivity contribution in [3.05, 3.63) is 34.8 Å². The molecule has 2 rings (SSSR count). The van der Waals surface area contributed by atoms with Gasteiger partial charge in [0.15, 0.2) is 5.58 Å². The van der Waals surface area contributed by atoms with Crippen molar-refractivity contribution < 1.29 is 9.21 Å². The summed E-state index contributed by atoms with van der Waals surface area (Å²) in [6, 6.07) is 6.96. The van der Waals surface area contributed by atoms with E-state index in [2.05, 4.69) is 11.2 Å². The molecular weight excluding hydrogens is 232 g/mol. The van der Waals surface area contributed by atoms with Gasteiger partial charge >= 0.3 is 5.76 Å². The Hall–Kier alpha value is -2.48. The number of aromatic nitrogens is 1. The summed E-state index contributed by atoms with van der Waals surface area (Å²) in [5.74, 6) is 1.62. The third-order valence-electron chi connectivity index (χ3n) is 2.47. The fourth-order valence-electron chi connectivity index (χ4n) is 1.64. The second-order valence-corrected chi connectivity index (χ2v) is 3.73. The summed E-state index contributed by atoms with van der Waals surface area (Å²) >= 11 is 0. The molecule has 18 heavy (non-hydrogen) atoms. The predicted molar refractivity (Wildman–Crippen MR) is 66.9 cm³/mol. The number of amides is 1. The number of nitrogens with one attached hydrogen (secondary N) is 1. The quantitative estimate of drug-likeness (QED) is 0.637. The summed E-state index contributed by atoms with van der Waals surface area (Å²) in [5, 5.41) is 2.63. The first-order chi connectivity index (χ1) is 8.72. The summed E-state index contributed by atoms with van der Waals surface area (Å²) in [6.07, 6.45) is 5.54. The summed E-state index contributed by atoms with van der Waals surface area (Å²) in [7, 11) is 0. The Bertz CT molecular complexity index is 661. The molecule has 0 aliphatic heterocycles. The molecule has 5 heteroatoms. The molecule has 0 saturated heterocycles. The molecule has 0 unspecified atom stereocenters. The standard InChI is InChI=1S/C13H12N2O3/c1-2-3-8-14-12(16)9-15-10-6-4-5-7-11(10)18-13(15)17/h1,4-7H,3,8-9H2,(H,14,16). The zero-order valence-corrected chi connectivity index (χ0v) is 9.68. The predicted octanol–water partition coefficient (Wildman–Crippen LogP) is 0.734. The van der Waals surface area contributed by atoms with Crippen LogP contribution in [0.15, 0.2) is 33.5 Å². The van der Waals surface area contributed by atoms with E-state index in [4.69, 9.17) is 10.8 Å². The normalized spacial score (nSPS) is 10.2. The van der Waals surface area contributed by atoms with Gasteiger partial charge in [0.2, 0.25) is 5.91 Å². The number of terminal acetylenes is 1. The van der Waals surface area contributed by atoms with Gasteiger partial charge in [0, 0.05) is 13.0 Å². The van der Waals surface area contributed by atoms with E-state index in [0.717, 1.165) is 0 Å². The number of para-hydroxylation sites is 2. The first-order valence-electron chi connectivity index (χ1n) is 5.51. The van der Waals surface area contributed by atoms with Crippen LogP contribution >= 0.6 is 0 Å². The van der Waals surface area contributed by atoms with E-state index >= 15 is 0 Å². The fourth-order valence-corrected chi connectivity index (χ4v) is 1.64. The lowest BCUT2D eigenvalue weighted by Crippen LogP contribution is -2.31. The van der Waals surface area contributed by atoms with Gasteiger partial charge in [-0.15, -0.1) is 12.3 Å². The lowest BCUT2D eigenvalue weighted by Gasteiger charge is -2.03. The van der Waals surface area contributed by atoms with Crippen LogP contribution in [-0.4, -0.2) is 17.0 Å². The highest BCUT2D eigenvalue weighted by atomic mass is 16.4. The molecule has 1 aromatic heterocycles. The Morgan fingerprint density at radius 1 is 1.44 bits per heavy atom. The van der Waals surface area contributed by atoms with Gasteiger partial charge in [0.1, 0.15) is 6.54 Å². The van der Waals surface area contributed by atoms with Crippen LogP contribution in [0.3, 0.4) is 0 Å². The summed E-state index contributed by atoms with van der Waals surface area (Å²) in [5.41, 5.74) is 1.08. The Morgan fingerprint density at radius 3 is 3.00 bits per heavy atom. The first-order valence-corrected chi connectivity index (χ1v) is 5.51. The molecule has 1 heterocycles. The molecule has 2 aromatic rings. The zero-order chi connectivity index (χ0) is 13.0. The van der Waals surface area contributed by atoms with Gasteiger partial charge < -0.3 is 9.73 Å². The van der Waals surface area contributed by atoms with E-state index < -0.39 is 5.76 Å². The molecule has 5 nitrogen and oxygen atoms in total. The highest BCUT2D eigenvalue weighted by Gasteiger charge is 2.11. The Morgan fingerprint density at radius 2 is 2.22 bits per heavy atom. The molecule has 0 bridgehead atoms. The maximum absolute atomic E-state index is 11.6. The van der Waals surface area contributed by atoms with Crippen LogP contribution < -0.4 is 11.1 Å². The number of fused-ring (bicyclic) bond motifs is 1. The Labute approximate surface area is 103 Å². The number of benzene rings is 1. The van der Waals surface area contributed by atoms with Gasteiger partial charge in [-0.3, -0.25) is 9.36 Å². The Balaban J connectivity index is 2.17. The van der Waals surface area contributed by atoms with Gasteiger partial charge in [0.05, 0.1) is 5.52 Å². The van der Waals surface area contributed by atoms with Crippen LogP contribution in [0.2, 0.25) is 0 Å². The van der Waals surface area contributed by atoms with E-state index in [1.165, 1.54) is 4.57 Å². The minimum atomic E-state index is -0.539. The highest BCUT2D eigenvalue weighted by molar-refractivity contribution is 5.79. The monoisotopic (exact) mass is 244 g/mol. The van der Waals surface area contributed by atoms with Gasteiger partial charge in [-0.25, -0.2) is 4.79 Å². The molecule has 92 valence electrons. The minimum absolute atomic E-state index is 0.0690. The second kappa shape index (κ2) is 5.23. The van der Waals surface area contributed by atoms with Gasteiger partial charge in [-0.05, 0) is 12.1 Å². The molecule has 0 radical (unpaired) electrons. The van der Waals surface area contributed by atoms with Crippen molar-refractivity contribution in [3.8, 4) is 12.3 Å². The lowest BCUT2D eigenvalue weighted by atomic mass is 10.3. The molecule has 0 saturated carbocycles. The van der Waals surface area contributed by atoms with E-state index in [1.54, 1.807) is 24.3 Å². The molecule has 0 spiro atoms. The number of rotatable bonds is 4. The SMILES string of the molecule is C#CCCNC(=O)Cn1c(=O)oc2ccccc21. The van der Waals surface area contributed by atoms with Crippen molar-refractivity contribution in [2.45, 2.75) is 13.0 Å². The lowest BCUT2D eigenvalue weighted by molar-refractivity contribution is -0.121. The molecule has 1 N–H and O–H groups in total. The second-order valence-electron chi connectivity index (χ2n) is 3.73. The third kappa shape index (κ3) is 2.43. The van der Waals surface area contributed by atoms with Gasteiger partial charge in [-0.2, -0.15) is 0 Å². The summed E-state index contributed by atoms with van der Waals surface area (Å²) < 4.78 is 6.31. The van der Waals surface area contributed by atoms with Crippen LogP contribution in [-0.2, 0) is 11.3 Å². The smallest absolute Gasteiger partial charge is 0.408 e. The fraction of sp³-hybridized carbons (Fsp3) is 0.231. The van der Waals surface area contributed by atoms with Crippen molar-refractivity contribution in [1.29, 1.82) is 0 Å². The number of carbonyl (C=O) groups excluding carboxylic acids is 1. The number of hydrogen-bond acceptors (Lipinski definition) is 3. The van der Waals surface area contributed by atoms with Crippen LogP contribution in [0.5, 0.6) is 0 Å². The van der Waals surface area contributed by atoms with Crippen LogP contribution in [0.4, 0.5) is 0 Å². The third-order valence-corrected chi connectivity index (χ3v) is 2.47. The van der Waals surface area contributed by atoms with Crippen LogP contribution in [0, 0.1) is 12.3 Å². The van der Waals surface area contributed by atoms with E-state index in [-0.39, 0.29) is 12.5 Å². The number of hydrogen-bond donors (Lipinski definition) is 1. The van der Waals surface area contributed by atoms with Crippen molar-refractivity contribution in [2.75, 3.05) is 6.54 Å². The summed E-state index contributed by atoms with van der Waals surface area (Å²) in [6.45, 7) is 0.334. The maximum Gasteiger partial charge on any atom is 0.420 e.